The van der Waals surface area contributed by atoms with Crippen LogP contribution in [-0.4, -0.2) is 5.80 Å². The minimum Gasteiger partial charge on any atom is -0.166 e. The monoisotopic (exact) mass is 488 g/mol. The lowest BCUT2D eigenvalue weighted by molar-refractivity contribution is -0.143. The predicted molar refractivity (Wildman–Crippen MR) is 127 cm³/mol. The summed E-state index contributed by atoms with van der Waals surface area (Å²) in [6, 6.07) is 29.2. The number of alkyl halides is 6. The van der Waals surface area contributed by atoms with Crippen LogP contribution in [0.2, 0.25) is 0 Å². The minimum absolute atomic E-state index is 0.196. The molecule has 0 aliphatic rings. The highest BCUT2D eigenvalue weighted by Gasteiger charge is 2.38. The molecular weight excluding hydrogens is 469 g/mol. The number of hydrogen-bond acceptors (Lipinski definition) is 0. The van der Waals surface area contributed by atoms with E-state index in [1.54, 1.807) is 36.4 Å². The van der Waals surface area contributed by atoms with E-state index in [9.17, 15) is 26.3 Å². The van der Waals surface area contributed by atoms with Crippen molar-refractivity contribution >= 4 is 28.6 Å². The normalized spacial score (nSPS) is 12.4. The standard InChI is InChI=1S/C27H19F6P/c28-26(29,30)21-17-16-20(25(18-21)27(31,32)33)19-34(22-10-4-1-5-11-22,23-12-6-2-7-13-23)24-14-8-3-9-15-24/h1-19H. The molecule has 34 heavy (non-hydrogen) atoms. The maximum Gasteiger partial charge on any atom is 0.417 e. The van der Waals surface area contributed by atoms with E-state index >= 15 is 0 Å². The quantitative estimate of drug-likeness (QED) is 0.217. The van der Waals surface area contributed by atoms with Crippen molar-refractivity contribution in [1.29, 1.82) is 0 Å². The van der Waals surface area contributed by atoms with Gasteiger partial charge in [0.25, 0.3) is 0 Å². The fraction of sp³-hybridized carbons (Fsp3) is 0.0741. The fourth-order valence-electron chi connectivity index (χ4n) is 3.96. The van der Waals surface area contributed by atoms with E-state index in [-0.39, 0.29) is 11.6 Å². The predicted octanol–water partition coefficient (Wildman–Crippen LogP) is 6.87. The minimum atomic E-state index is -4.97. The molecule has 0 fully saturated rings. The van der Waals surface area contributed by atoms with E-state index in [0.717, 1.165) is 22.0 Å². The molecule has 0 radical (unpaired) electrons. The van der Waals surface area contributed by atoms with Crippen LogP contribution >= 0.6 is 6.89 Å². The van der Waals surface area contributed by atoms with Gasteiger partial charge in [0.15, 0.2) is 0 Å². The Bertz CT molecular complexity index is 1200. The first kappa shape index (κ1) is 23.9. The summed E-state index contributed by atoms with van der Waals surface area (Å²) in [7, 11) is 0. The van der Waals surface area contributed by atoms with Crippen molar-refractivity contribution in [2.24, 2.45) is 0 Å². The molecule has 0 atom stereocenters. The molecule has 0 amide bonds. The molecular formula is C27H19F6P. The van der Waals surface area contributed by atoms with Gasteiger partial charge in [-0.05, 0) is 46.3 Å². The van der Waals surface area contributed by atoms with Gasteiger partial charge in [-0.3, -0.25) is 0 Å². The molecule has 0 nitrogen and oxygen atoms in total. The van der Waals surface area contributed by atoms with E-state index in [2.05, 4.69) is 0 Å². The van der Waals surface area contributed by atoms with Gasteiger partial charge in [-0.15, -0.1) is 0 Å². The van der Waals surface area contributed by atoms with Crippen LogP contribution in [-0.2, 0) is 12.4 Å². The lowest BCUT2D eigenvalue weighted by Crippen LogP contribution is -2.27. The van der Waals surface area contributed by atoms with Crippen molar-refractivity contribution in [2.45, 2.75) is 12.4 Å². The summed E-state index contributed by atoms with van der Waals surface area (Å²) < 4.78 is 81.8. The third-order valence-electron chi connectivity index (χ3n) is 5.51. The average molecular weight is 488 g/mol. The zero-order chi connectivity index (χ0) is 24.4. The van der Waals surface area contributed by atoms with Gasteiger partial charge in [0.2, 0.25) is 0 Å². The highest BCUT2D eigenvalue weighted by Crippen LogP contribution is 2.46. The lowest BCUT2D eigenvalue weighted by Gasteiger charge is -2.29. The summed E-state index contributed by atoms with van der Waals surface area (Å²) in [6.45, 7) is -2.83. The summed E-state index contributed by atoms with van der Waals surface area (Å²) in [5.41, 5.74) is -2.93. The summed E-state index contributed by atoms with van der Waals surface area (Å²) in [4.78, 5) is 0. The van der Waals surface area contributed by atoms with E-state index < -0.39 is 30.4 Å². The molecule has 0 spiro atoms. The number of hydrogen-bond donors (Lipinski definition) is 0. The van der Waals surface area contributed by atoms with Crippen LogP contribution < -0.4 is 15.9 Å². The van der Waals surface area contributed by atoms with Crippen LogP contribution in [0.4, 0.5) is 26.3 Å². The SMILES string of the molecule is FC(F)(F)c1ccc(C=P(c2ccccc2)(c2ccccc2)c2ccccc2)c(C(F)(F)F)c1. The molecule has 0 saturated heterocycles. The van der Waals surface area contributed by atoms with Crippen LogP contribution in [0, 0.1) is 0 Å². The molecule has 0 heterocycles. The molecule has 0 N–H and O–H groups in total. The molecule has 4 aromatic carbocycles. The third-order valence-corrected chi connectivity index (χ3v) is 9.51. The zero-order valence-electron chi connectivity index (χ0n) is 17.7. The van der Waals surface area contributed by atoms with Gasteiger partial charge >= 0.3 is 12.4 Å². The Labute approximate surface area is 193 Å². The van der Waals surface area contributed by atoms with Crippen molar-refractivity contribution in [3.8, 4) is 0 Å². The Morgan fingerprint density at radius 1 is 0.500 bits per heavy atom. The third kappa shape index (κ3) is 4.69. The van der Waals surface area contributed by atoms with Gasteiger partial charge < -0.3 is 0 Å². The van der Waals surface area contributed by atoms with Gasteiger partial charge in [-0.25, -0.2) is 0 Å². The molecule has 7 heteroatoms. The van der Waals surface area contributed by atoms with Gasteiger partial charge in [0.1, 0.15) is 0 Å². The highest BCUT2D eigenvalue weighted by atomic mass is 31.2. The zero-order valence-corrected chi connectivity index (χ0v) is 18.6. The van der Waals surface area contributed by atoms with E-state index in [1.165, 1.54) is 5.80 Å². The topological polar surface area (TPSA) is 0 Å². The second-order valence-corrected chi connectivity index (χ2v) is 10.9. The van der Waals surface area contributed by atoms with Crippen LogP contribution in [0.1, 0.15) is 16.7 Å². The second kappa shape index (κ2) is 9.19. The Morgan fingerprint density at radius 2 is 0.912 bits per heavy atom. The van der Waals surface area contributed by atoms with Crippen LogP contribution in [0.25, 0.3) is 0 Å². The molecule has 0 saturated carbocycles. The first-order valence-electron chi connectivity index (χ1n) is 10.3. The Morgan fingerprint density at radius 3 is 1.26 bits per heavy atom. The molecule has 174 valence electrons. The molecule has 0 aromatic heterocycles. The molecule has 0 bridgehead atoms. The van der Waals surface area contributed by atoms with Crippen molar-refractivity contribution in [3.63, 3.8) is 0 Å². The molecule has 4 rings (SSSR count). The van der Waals surface area contributed by atoms with E-state index in [1.807, 2.05) is 54.6 Å². The second-order valence-electron chi connectivity index (χ2n) is 7.66. The molecule has 0 unspecified atom stereocenters. The van der Waals surface area contributed by atoms with Gasteiger partial charge in [0, 0.05) is 0 Å². The molecule has 0 aliphatic carbocycles. The number of rotatable bonds is 4. The van der Waals surface area contributed by atoms with E-state index in [0.29, 0.717) is 6.07 Å². The molecule has 4 aromatic rings. The van der Waals surface area contributed by atoms with Crippen molar-refractivity contribution in [1.82, 2.24) is 0 Å². The lowest BCUT2D eigenvalue weighted by atomic mass is 10.0. The summed E-state index contributed by atoms with van der Waals surface area (Å²) in [6.07, 6.45) is -9.85. The smallest absolute Gasteiger partial charge is 0.166 e. The fourth-order valence-corrected chi connectivity index (χ4v) is 7.87. The number of benzene rings is 4. The number of halogens is 6. The Balaban J connectivity index is 2.16. The van der Waals surface area contributed by atoms with Crippen LogP contribution in [0.15, 0.2) is 109 Å². The van der Waals surface area contributed by atoms with Gasteiger partial charge in [-0.2, -0.15) is 26.3 Å². The largest absolute Gasteiger partial charge is 0.417 e. The Kier molecular flexibility index (Phi) is 6.46. The van der Waals surface area contributed by atoms with E-state index in [4.69, 9.17) is 0 Å². The van der Waals surface area contributed by atoms with Crippen LogP contribution in [0.5, 0.6) is 0 Å². The first-order chi connectivity index (χ1) is 16.1. The van der Waals surface area contributed by atoms with Crippen molar-refractivity contribution in [3.05, 3.63) is 126 Å². The summed E-state index contributed by atoms with van der Waals surface area (Å²) >= 11 is 0. The maximum absolute atomic E-state index is 14.0. The Hall–Kier alpha value is -3.24. The summed E-state index contributed by atoms with van der Waals surface area (Å²) in [5, 5.41) is 2.38. The maximum atomic E-state index is 14.0. The van der Waals surface area contributed by atoms with Crippen molar-refractivity contribution < 1.29 is 26.3 Å². The van der Waals surface area contributed by atoms with Crippen LogP contribution in [0.3, 0.4) is 0 Å². The first-order valence-corrected chi connectivity index (χ1v) is 12.2. The summed E-state index contributed by atoms with van der Waals surface area (Å²) in [5.74, 6) is 1.52. The van der Waals surface area contributed by atoms with Crippen molar-refractivity contribution in [2.75, 3.05) is 0 Å². The van der Waals surface area contributed by atoms with Gasteiger partial charge in [0.05, 0.1) is 11.1 Å². The van der Waals surface area contributed by atoms with Gasteiger partial charge in [-0.1, -0.05) is 97.1 Å². The average Bonchev–Trinajstić information content (AvgIpc) is 2.83. The molecule has 0 aliphatic heterocycles. The highest BCUT2D eigenvalue weighted by molar-refractivity contribution is 7.94.